The number of carbonyl (C=O) groups excluding carboxylic acids is 1. The van der Waals surface area contributed by atoms with Crippen molar-refractivity contribution in [3.05, 3.63) is 28.2 Å². The molecule has 0 aromatic heterocycles. The van der Waals surface area contributed by atoms with E-state index in [1.807, 2.05) is 23.1 Å². The molecule has 2 unspecified atom stereocenters. The van der Waals surface area contributed by atoms with Crippen LogP contribution in [0.4, 0.5) is 0 Å². The molecule has 0 bridgehead atoms. The van der Waals surface area contributed by atoms with Crippen LogP contribution >= 0.6 is 15.9 Å². The van der Waals surface area contributed by atoms with Crippen molar-refractivity contribution in [2.75, 3.05) is 19.7 Å². The summed E-state index contributed by atoms with van der Waals surface area (Å²) in [6, 6.07) is 5.76. The lowest BCUT2D eigenvalue weighted by molar-refractivity contribution is -0.140. The van der Waals surface area contributed by atoms with E-state index in [-0.39, 0.29) is 23.2 Å². The Morgan fingerprint density at radius 3 is 2.70 bits per heavy atom. The van der Waals surface area contributed by atoms with Gasteiger partial charge in [0, 0.05) is 23.1 Å². The van der Waals surface area contributed by atoms with Crippen LogP contribution in [0.1, 0.15) is 30.7 Å². The Bertz CT molecular complexity index is 681. The number of ether oxygens (including phenoxy) is 1. The predicted molar refractivity (Wildman–Crippen MR) is 86.4 cm³/mol. The topological polar surface area (TPSA) is 66.8 Å². The molecule has 1 saturated carbocycles. The van der Waals surface area contributed by atoms with Gasteiger partial charge in [-0.2, -0.15) is 0 Å². The average Bonchev–Trinajstić information content (AvgIpc) is 3.08. The molecule has 1 aliphatic carbocycles. The molecule has 5 nitrogen and oxygen atoms in total. The largest absolute Gasteiger partial charge is 0.492 e. The van der Waals surface area contributed by atoms with Gasteiger partial charge in [0.15, 0.2) is 0 Å². The number of carboxylic acid groups (broad SMARTS) is 1. The molecule has 3 aliphatic rings. The Hall–Kier alpha value is -1.56. The van der Waals surface area contributed by atoms with E-state index in [9.17, 15) is 9.59 Å². The third kappa shape index (κ3) is 2.43. The number of carbonyl (C=O) groups is 2. The van der Waals surface area contributed by atoms with E-state index in [1.165, 1.54) is 0 Å². The summed E-state index contributed by atoms with van der Waals surface area (Å²) in [7, 11) is 0. The minimum absolute atomic E-state index is 0.0459. The summed E-state index contributed by atoms with van der Waals surface area (Å²) < 4.78 is 6.58. The number of hydrogen-bond acceptors (Lipinski definition) is 3. The van der Waals surface area contributed by atoms with Gasteiger partial charge in [-0.25, -0.2) is 0 Å². The Morgan fingerprint density at radius 1 is 1.30 bits per heavy atom. The third-order valence-corrected chi connectivity index (χ3v) is 6.10. The molecule has 1 aromatic rings. The van der Waals surface area contributed by atoms with Crippen LogP contribution in [0.3, 0.4) is 0 Å². The number of piperidine rings is 1. The molecule has 2 atom stereocenters. The fourth-order valence-corrected chi connectivity index (χ4v) is 4.41. The maximum atomic E-state index is 12.8. The Morgan fingerprint density at radius 2 is 2.04 bits per heavy atom. The molecule has 1 aromatic carbocycles. The molecular formula is C17H18BrNO4. The summed E-state index contributed by atoms with van der Waals surface area (Å²) in [5.41, 5.74) is 0.898. The van der Waals surface area contributed by atoms with Gasteiger partial charge in [-0.1, -0.05) is 15.9 Å². The molecule has 0 radical (unpaired) electrons. The summed E-state index contributed by atoms with van der Waals surface area (Å²) in [6.45, 7) is 1.70. The number of fused-ring (bicyclic) bond motifs is 1. The van der Waals surface area contributed by atoms with Crippen LogP contribution in [0.2, 0.25) is 0 Å². The molecule has 1 amide bonds. The molecular weight excluding hydrogens is 362 g/mol. The quantitative estimate of drug-likeness (QED) is 0.857. The minimum atomic E-state index is -0.687. The molecule has 1 spiro atoms. The number of aliphatic carboxylic acids is 1. The maximum absolute atomic E-state index is 12.8. The summed E-state index contributed by atoms with van der Waals surface area (Å²) in [6.07, 6.45) is 2.37. The van der Waals surface area contributed by atoms with Crippen molar-refractivity contribution in [1.82, 2.24) is 4.90 Å². The van der Waals surface area contributed by atoms with Gasteiger partial charge >= 0.3 is 5.97 Å². The number of amides is 1. The fraction of sp³-hybridized carbons (Fsp3) is 0.529. The molecule has 1 saturated heterocycles. The zero-order valence-electron chi connectivity index (χ0n) is 12.6. The summed E-state index contributed by atoms with van der Waals surface area (Å²) >= 11 is 3.44. The van der Waals surface area contributed by atoms with E-state index in [0.717, 1.165) is 35.0 Å². The standard InChI is InChI=1S/C17H18BrNO4/c18-10-1-2-14-11(7-10)12(9-23-14)15(20)19-5-3-17(4-6-19)8-13(17)16(21)22/h1-2,7,12-13H,3-6,8-9H2,(H,21,22). The van der Waals surface area contributed by atoms with Gasteiger partial charge in [0.2, 0.25) is 5.91 Å². The Balaban J connectivity index is 1.44. The third-order valence-electron chi connectivity index (χ3n) is 5.61. The van der Waals surface area contributed by atoms with Crippen molar-refractivity contribution >= 4 is 27.8 Å². The number of hydrogen-bond donors (Lipinski definition) is 1. The fourth-order valence-electron chi connectivity index (χ4n) is 4.03. The molecule has 2 heterocycles. The lowest BCUT2D eigenvalue weighted by Gasteiger charge is -2.34. The van der Waals surface area contributed by atoms with Crippen molar-refractivity contribution in [2.45, 2.75) is 25.2 Å². The Labute approximate surface area is 142 Å². The van der Waals surface area contributed by atoms with Crippen LogP contribution in [0, 0.1) is 11.3 Å². The number of benzene rings is 1. The number of nitrogens with zero attached hydrogens (tertiary/aromatic N) is 1. The zero-order valence-corrected chi connectivity index (χ0v) is 14.2. The summed E-state index contributed by atoms with van der Waals surface area (Å²) in [5.74, 6) is -0.248. The molecule has 2 aliphatic heterocycles. The number of likely N-dealkylation sites (tertiary alicyclic amines) is 1. The first-order valence-electron chi connectivity index (χ1n) is 7.94. The first kappa shape index (κ1) is 15.0. The highest BCUT2D eigenvalue weighted by Gasteiger charge is 2.59. The van der Waals surface area contributed by atoms with E-state index in [2.05, 4.69) is 15.9 Å². The number of halogens is 1. The second kappa shape index (κ2) is 5.23. The normalized spacial score (nSPS) is 27.4. The van der Waals surface area contributed by atoms with Gasteiger partial charge in [-0.05, 0) is 42.9 Å². The van der Waals surface area contributed by atoms with Gasteiger partial charge in [0.05, 0.1) is 5.92 Å². The highest BCUT2D eigenvalue weighted by Crippen LogP contribution is 2.59. The second-order valence-electron chi connectivity index (χ2n) is 6.83. The van der Waals surface area contributed by atoms with E-state index >= 15 is 0 Å². The van der Waals surface area contributed by atoms with Gasteiger partial charge in [-0.3, -0.25) is 9.59 Å². The van der Waals surface area contributed by atoms with Crippen molar-refractivity contribution in [3.63, 3.8) is 0 Å². The van der Waals surface area contributed by atoms with Crippen LogP contribution in [0.5, 0.6) is 5.75 Å². The number of rotatable bonds is 2. The van der Waals surface area contributed by atoms with Crippen molar-refractivity contribution in [1.29, 1.82) is 0 Å². The van der Waals surface area contributed by atoms with Gasteiger partial charge in [0.25, 0.3) is 0 Å². The monoisotopic (exact) mass is 379 g/mol. The van der Waals surface area contributed by atoms with Crippen LogP contribution in [0.25, 0.3) is 0 Å². The smallest absolute Gasteiger partial charge is 0.307 e. The highest BCUT2D eigenvalue weighted by molar-refractivity contribution is 9.10. The first-order valence-corrected chi connectivity index (χ1v) is 8.73. The first-order chi connectivity index (χ1) is 11.0. The average molecular weight is 380 g/mol. The molecule has 6 heteroatoms. The van der Waals surface area contributed by atoms with E-state index in [4.69, 9.17) is 9.84 Å². The molecule has 122 valence electrons. The molecule has 1 N–H and O–H groups in total. The predicted octanol–water partition coefficient (Wildman–Crippen LogP) is 2.64. The molecule has 23 heavy (non-hydrogen) atoms. The van der Waals surface area contributed by atoms with Crippen molar-refractivity contribution < 1.29 is 19.4 Å². The maximum Gasteiger partial charge on any atom is 0.307 e. The molecule has 2 fully saturated rings. The number of carboxylic acids is 1. The van der Waals surface area contributed by atoms with E-state index in [1.54, 1.807) is 0 Å². The second-order valence-corrected chi connectivity index (χ2v) is 7.74. The zero-order chi connectivity index (χ0) is 16.2. The van der Waals surface area contributed by atoms with Crippen LogP contribution in [0.15, 0.2) is 22.7 Å². The highest BCUT2D eigenvalue weighted by atomic mass is 79.9. The van der Waals surface area contributed by atoms with E-state index in [0.29, 0.717) is 19.7 Å². The lowest BCUT2D eigenvalue weighted by atomic mass is 9.89. The molecule has 4 rings (SSSR count). The van der Waals surface area contributed by atoms with Crippen LogP contribution in [-0.4, -0.2) is 41.6 Å². The minimum Gasteiger partial charge on any atom is -0.492 e. The Kier molecular flexibility index (Phi) is 3.41. The van der Waals surface area contributed by atoms with E-state index < -0.39 is 5.97 Å². The van der Waals surface area contributed by atoms with Gasteiger partial charge in [-0.15, -0.1) is 0 Å². The summed E-state index contributed by atoms with van der Waals surface area (Å²) in [4.78, 5) is 25.8. The summed E-state index contributed by atoms with van der Waals surface area (Å²) in [5, 5.41) is 9.15. The SMILES string of the molecule is O=C(O)C1CC12CCN(C(=O)C1COc3ccc(Br)cc31)CC2. The van der Waals surface area contributed by atoms with Crippen LogP contribution < -0.4 is 4.74 Å². The van der Waals surface area contributed by atoms with Crippen LogP contribution in [-0.2, 0) is 9.59 Å². The van der Waals surface area contributed by atoms with Gasteiger partial charge < -0.3 is 14.7 Å². The van der Waals surface area contributed by atoms with Gasteiger partial charge in [0.1, 0.15) is 18.3 Å². The van der Waals surface area contributed by atoms with Crippen molar-refractivity contribution in [2.24, 2.45) is 11.3 Å². The lowest BCUT2D eigenvalue weighted by Crippen LogP contribution is -2.42. The van der Waals surface area contributed by atoms with Crippen molar-refractivity contribution in [3.8, 4) is 5.75 Å².